The maximum atomic E-state index is 13.4. The monoisotopic (exact) mass is 406 g/mol. The van der Waals surface area contributed by atoms with E-state index in [1.54, 1.807) is 0 Å². The number of hydrogen-bond acceptors (Lipinski definition) is 2. The van der Waals surface area contributed by atoms with Gasteiger partial charge in [-0.15, -0.1) is 0 Å². The van der Waals surface area contributed by atoms with Gasteiger partial charge in [0, 0.05) is 23.3 Å². The first-order valence-corrected chi connectivity index (χ1v) is 9.55. The predicted molar refractivity (Wildman–Crippen MR) is 95.5 cm³/mol. The number of halogens is 6. The molecule has 1 saturated heterocycles. The van der Waals surface area contributed by atoms with Crippen LogP contribution in [0.1, 0.15) is 55.2 Å². The van der Waals surface area contributed by atoms with Crippen LogP contribution in [0.4, 0.5) is 26.3 Å². The highest BCUT2D eigenvalue weighted by atomic mass is 19.4. The molecular weight excluding hydrogens is 382 g/mol. The topological polar surface area (TPSA) is 15.3 Å². The van der Waals surface area contributed by atoms with Crippen molar-refractivity contribution in [3.05, 3.63) is 41.5 Å². The lowest BCUT2D eigenvalue weighted by Gasteiger charge is -2.39. The molecule has 1 aliphatic heterocycles. The van der Waals surface area contributed by atoms with E-state index in [2.05, 4.69) is 16.8 Å². The van der Waals surface area contributed by atoms with Crippen molar-refractivity contribution in [2.45, 2.75) is 63.0 Å². The van der Waals surface area contributed by atoms with Gasteiger partial charge in [-0.2, -0.15) is 26.3 Å². The molecule has 1 heterocycles. The van der Waals surface area contributed by atoms with Gasteiger partial charge in [0.1, 0.15) is 0 Å². The molecule has 0 spiro atoms. The van der Waals surface area contributed by atoms with Crippen molar-refractivity contribution in [2.24, 2.45) is 0 Å². The Morgan fingerprint density at radius 1 is 0.929 bits per heavy atom. The van der Waals surface area contributed by atoms with Gasteiger partial charge in [0.25, 0.3) is 0 Å². The Kier molecular flexibility index (Phi) is 5.98. The summed E-state index contributed by atoms with van der Waals surface area (Å²) in [5.41, 5.74) is -2.93. The average molecular weight is 406 g/mol. The van der Waals surface area contributed by atoms with Gasteiger partial charge >= 0.3 is 12.4 Å². The minimum absolute atomic E-state index is 0.0251. The van der Waals surface area contributed by atoms with Crippen molar-refractivity contribution < 1.29 is 26.3 Å². The lowest BCUT2D eigenvalue weighted by molar-refractivity contribution is -0.143. The minimum atomic E-state index is -4.90. The fourth-order valence-corrected chi connectivity index (χ4v) is 4.31. The zero-order valence-corrected chi connectivity index (χ0v) is 15.5. The zero-order chi connectivity index (χ0) is 20.5. The largest absolute Gasteiger partial charge is 0.417 e. The summed E-state index contributed by atoms with van der Waals surface area (Å²) in [5, 5.41) is 3.12. The summed E-state index contributed by atoms with van der Waals surface area (Å²) in [4.78, 5) is 2.36. The highest BCUT2D eigenvalue weighted by Gasteiger charge is 2.39. The number of benzene rings is 1. The molecule has 28 heavy (non-hydrogen) atoms. The van der Waals surface area contributed by atoms with Crippen molar-refractivity contribution in [2.75, 3.05) is 13.1 Å². The molecule has 2 atom stereocenters. The number of nitrogens with zero attached hydrogens (tertiary/aromatic N) is 1. The van der Waals surface area contributed by atoms with E-state index in [-0.39, 0.29) is 29.4 Å². The second-order valence-corrected chi connectivity index (χ2v) is 7.58. The summed E-state index contributed by atoms with van der Waals surface area (Å²) in [7, 11) is 0. The van der Waals surface area contributed by atoms with Gasteiger partial charge in [0.05, 0.1) is 11.1 Å². The maximum Gasteiger partial charge on any atom is 0.417 e. The van der Waals surface area contributed by atoms with Crippen LogP contribution in [-0.4, -0.2) is 30.1 Å². The first-order valence-electron chi connectivity index (χ1n) is 9.55. The number of alkyl halides is 6. The molecule has 0 bridgehead atoms. The summed E-state index contributed by atoms with van der Waals surface area (Å²) >= 11 is 0. The Hall–Kier alpha value is -1.70. The molecule has 2 fully saturated rings. The van der Waals surface area contributed by atoms with E-state index in [0.29, 0.717) is 6.07 Å². The predicted octanol–water partition coefficient (Wildman–Crippen LogP) is 5.69. The first kappa shape index (κ1) is 21.0. The van der Waals surface area contributed by atoms with Crippen LogP contribution in [0.15, 0.2) is 24.8 Å². The van der Waals surface area contributed by atoms with Crippen LogP contribution < -0.4 is 5.32 Å². The average Bonchev–Trinajstić information content (AvgIpc) is 3.14. The van der Waals surface area contributed by atoms with Crippen LogP contribution in [-0.2, 0) is 12.4 Å². The summed E-state index contributed by atoms with van der Waals surface area (Å²) in [6.07, 6.45) is -3.71. The second kappa shape index (κ2) is 7.97. The number of hydrogen-bond donors (Lipinski definition) is 1. The molecule has 2 nitrogen and oxygen atoms in total. The van der Waals surface area contributed by atoms with Crippen molar-refractivity contribution >= 4 is 5.70 Å². The molecule has 2 aliphatic rings. The van der Waals surface area contributed by atoms with Crippen LogP contribution in [0.2, 0.25) is 0 Å². The zero-order valence-electron chi connectivity index (χ0n) is 15.5. The van der Waals surface area contributed by atoms with Crippen molar-refractivity contribution in [3.8, 4) is 0 Å². The molecule has 0 radical (unpaired) electrons. The quantitative estimate of drug-likeness (QED) is 0.646. The van der Waals surface area contributed by atoms with E-state index >= 15 is 0 Å². The molecule has 1 saturated carbocycles. The summed E-state index contributed by atoms with van der Waals surface area (Å²) < 4.78 is 78.9. The molecule has 3 rings (SSSR count). The van der Waals surface area contributed by atoms with Crippen molar-refractivity contribution in [3.63, 3.8) is 0 Å². The minimum Gasteiger partial charge on any atom is -0.381 e. The van der Waals surface area contributed by atoms with Gasteiger partial charge in [-0.25, -0.2) is 0 Å². The van der Waals surface area contributed by atoms with Crippen LogP contribution in [0, 0.1) is 0 Å². The van der Waals surface area contributed by atoms with Crippen LogP contribution in [0.5, 0.6) is 0 Å². The third-order valence-electron chi connectivity index (χ3n) is 5.68. The van der Waals surface area contributed by atoms with E-state index < -0.39 is 23.5 Å². The number of nitrogens with one attached hydrogen (secondary N) is 1. The highest BCUT2D eigenvalue weighted by Crippen LogP contribution is 2.39. The number of rotatable bonds is 4. The Balaban J connectivity index is 1.84. The third kappa shape index (κ3) is 4.64. The Morgan fingerprint density at radius 3 is 2.18 bits per heavy atom. The Bertz CT molecular complexity index is 704. The lowest BCUT2D eigenvalue weighted by atomic mass is 9.88. The van der Waals surface area contributed by atoms with E-state index in [4.69, 9.17) is 0 Å². The normalized spacial score (nSPS) is 24.4. The van der Waals surface area contributed by atoms with Gasteiger partial charge in [-0.05, 0) is 50.9 Å². The molecule has 1 aromatic rings. The third-order valence-corrected chi connectivity index (χ3v) is 5.68. The first-order chi connectivity index (χ1) is 13.1. The second-order valence-electron chi connectivity index (χ2n) is 7.58. The standard InChI is InChI=1S/C20H24F6N2/c1-13(27-17-6-2-3-7-18(17)28-10-4-5-11-28)15-9-8-14(19(21,22)23)12-16(15)20(24,25)26/h8-9,12,17-18,27H,1-7,10-11H2/t17-,18+/m1/s1. The SMILES string of the molecule is C=C(N[C@@H]1CCCC[C@@H]1N1CCCC1)c1ccc(C(F)(F)F)cc1C(F)(F)F. The molecule has 1 aromatic carbocycles. The molecule has 156 valence electrons. The maximum absolute atomic E-state index is 13.4. The lowest BCUT2D eigenvalue weighted by Crippen LogP contribution is -2.50. The highest BCUT2D eigenvalue weighted by molar-refractivity contribution is 5.66. The molecule has 1 N–H and O–H groups in total. The van der Waals surface area contributed by atoms with Crippen molar-refractivity contribution in [1.82, 2.24) is 10.2 Å². The van der Waals surface area contributed by atoms with Gasteiger partial charge in [0.2, 0.25) is 0 Å². The number of likely N-dealkylation sites (tertiary alicyclic amines) is 1. The van der Waals surface area contributed by atoms with Gasteiger partial charge < -0.3 is 5.32 Å². The Labute approximate surface area is 160 Å². The van der Waals surface area contributed by atoms with Crippen LogP contribution in [0.3, 0.4) is 0 Å². The summed E-state index contributed by atoms with van der Waals surface area (Å²) in [6.45, 7) is 5.69. The van der Waals surface area contributed by atoms with E-state index in [9.17, 15) is 26.3 Å². The van der Waals surface area contributed by atoms with Gasteiger partial charge in [0.15, 0.2) is 0 Å². The molecule has 8 heteroatoms. The molecule has 0 amide bonds. The van der Waals surface area contributed by atoms with Crippen molar-refractivity contribution in [1.29, 1.82) is 0 Å². The van der Waals surface area contributed by atoms with E-state index in [1.165, 1.54) is 0 Å². The van der Waals surface area contributed by atoms with Gasteiger partial charge in [-0.3, -0.25) is 4.90 Å². The Morgan fingerprint density at radius 2 is 1.57 bits per heavy atom. The smallest absolute Gasteiger partial charge is 0.381 e. The van der Waals surface area contributed by atoms with E-state index in [1.807, 2.05) is 0 Å². The fourth-order valence-electron chi connectivity index (χ4n) is 4.31. The summed E-state index contributed by atoms with van der Waals surface area (Å²) in [5.74, 6) is 0. The van der Waals surface area contributed by atoms with Crippen LogP contribution in [0.25, 0.3) is 5.70 Å². The van der Waals surface area contributed by atoms with E-state index in [0.717, 1.165) is 57.7 Å². The fraction of sp³-hybridized carbons (Fsp3) is 0.600. The van der Waals surface area contributed by atoms with Crippen LogP contribution >= 0.6 is 0 Å². The molecule has 1 aliphatic carbocycles. The molecule has 0 unspecified atom stereocenters. The summed E-state index contributed by atoms with van der Waals surface area (Å²) in [6, 6.07) is 1.88. The van der Waals surface area contributed by atoms with Gasteiger partial charge in [-0.1, -0.05) is 25.5 Å². The molecular formula is C20H24F6N2. The molecule has 0 aromatic heterocycles.